The molecule has 1 aliphatic rings. The molecule has 0 radical (unpaired) electrons. The standard InChI is InChI=1S/C9H11ClN2O/c1-12-9(8(10)5-11-12)6-2-3-7(13)4-6/h4-5,7,13H,2-3H2,1H3. The van der Waals surface area contributed by atoms with E-state index >= 15 is 0 Å². The van der Waals surface area contributed by atoms with Crippen molar-refractivity contribution in [2.75, 3.05) is 0 Å². The number of aliphatic hydroxyl groups is 1. The van der Waals surface area contributed by atoms with Crippen LogP contribution in [0.3, 0.4) is 0 Å². The second-order valence-electron chi connectivity index (χ2n) is 3.26. The summed E-state index contributed by atoms with van der Waals surface area (Å²) in [5.41, 5.74) is 2.02. The summed E-state index contributed by atoms with van der Waals surface area (Å²) in [6, 6.07) is 0. The van der Waals surface area contributed by atoms with Gasteiger partial charge >= 0.3 is 0 Å². The summed E-state index contributed by atoms with van der Waals surface area (Å²) in [6.07, 6.45) is 4.82. The lowest BCUT2D eigenvalue weighted by Gasteiger charge is -2.02. The molecule has 2 rings (SSSR count). The largest absolute Gasteiger partial charge is 0.389 e. The highest BCUT2D eigenvalue weighted by Gasteiger charge is 2.19. The van der Waals surface area contributed by atoms with Crippen LogP contribution >= 0.6 is 11.6 Å². The number of halogens is 1. The van der Waals surface area contributed by atoms with Crippen molar-refractivity contribution in [1.82, 2.24) is 9.78 Å². The molecule has 0 fully saturated rings. The molecule has 70 valence electrons. The Morgan fingerprint density at radius 1 is 1.69 bits per heavy atom. The molecule has 0 bridgehead atoms. The number of aryl methyl sites for hydroxylation is 1. The summed E-state index contributed by atoms with van der Waals surface area (Å²) in [5, 5.41) is 14.0. The number of aromatic nitrogens is 2. The Morgan fingerprint density at radius 2 is 2.46 bits per heavy atom. The fourth-order valence-corrected chi connectivity index (χ4v) is 1.96. The zero-order valence-corrected chi connectivity index (χ0v) is 8.12. The van der Waals surface area contributed by atoms with E-state index in [4.69, 9.17) is 11.6 Å². The molecule has 1 aliphatic carbocycles. The lowest BCUT2D eigenvalue weighted by Crippen LogP contribution is -1.96. The monoisotopic (exact) mass is 198 g/mol. The number of nitrogens with zero attached hydrogens (tertiary/aromatic N) is 2. The van der Waals surface area contributed by atoms with Crippen LogP contribution in [0.25, 0.3) is 5.57 Å². The minimum absolute atomic E-state index is 0.319. The Bertz CT molecular complexity index is 337. The van der Waals surface area contributed by atoms with E-state index in [1.54, 1.807) is 10.9 Å². The molecule has 0 saturated heterocycles. The predicted octanol–water partition coefficient (Wildman–Crippen LogP) is 1.61. The summed E-state index contributed by atoms with van der Waals surface area (Å²) in [7, 11) is 1.85. The zero-order chi connectivity index (χ0) is 9.42. The second-order valence-corrected chi connectivity index (χ2v) is 3.67. The first-order chi connectivity index (χ1) is 6.18. The molecular weight excluding hydrogens is 188 g/mol. The maximum atomic E-state index is 9.33. The third-order valence-corrected chi connectivity index (χ3v) is 2.58. The average molecular weight is 199 g/mol. The molecule has 0 amide bonds. The molecule has 4 heteroatoms. The van der Waals surface area contributed by atoms with Crippen LogP contribution in [0.5, 0.6) is 0 Å². The van der Waals surface area contributed by atoms with Crippen LogP contribution in [0.1, 0.15) is 18.5 Å². The molecule has 1 N–H and O–H groups in total. The Morgan fingerprint density at radius 3 is 2.92 bits per heavy atom. The highest BCUT2D eigenvalue weighted by Crippen LogP contribution is 2.31. The predicted molar refractivity (Wildman–Crippen MR) is 51.4 cm³/mol. The number of rotatable bonds is 1. The van der Waals surface area contributed by atoms with Gasteiger partial charge in [0, 0.05) is 7.05 Å². The van der Waals surface area contributed by atoms with Gasteiger partial charge in [-0.25, -0.2) is 0 Å². The Balaban J connectivity index is 2.40. The molecular formula is C9H11ClN2O. The number of hydrogen-bond acceptors (Lipinski definition) is 2. The van der Waals surface area contributed by atoms with Gasteiger partial charge in [0.05, 0.1) is 23.0 Å². The van der Waals surface area contributed by atoms with E-state index in [9.17, 15) is 5.11 Å². The van der Waals surface area contributed by atoms with Gasteiger partial charge in [-0.2, -0.15) is 5.10 Å². The van der Waals surface area contributed by atoms with Crippen LogP contribution in [0.2, 0.25) is 5.02 Å². The van der Waals surface area contributed by atoms with Crippen LogP contribution in [-0.2, 0) is 7.05 Å². The van der Waals surface area contributed by atoms with Crippen molar-refractivity contribution in [3.63, 3.8) is 0 Å². The van der Waals surface area contributed by atoms with Gasteiger partial charge < -0.3 is 5.11 Å². The highest BCUT2D eigenvalue weighted by molar-refractivity contribution is 6.32. The first kappa shape index (κ1) is 8.78. The van der Waals surface area contributed by atoms with E-state index in [0.717, 1.165) is 24.1 Å². The molecule has 0 aromatic carbocycles. The molecule has 3 nitrogen and oxygen atoms in total. The summed E-state index contributed by atoms with van der Waals surface area (Å²) < 4.78 is 1.74. The quantitative estimate of drug-likeness (QED) is 0.745. The van der Waals surface area contributed by atoms with Crippen molar-refractivity contribution in [2.45, 2.75) is 18.9 Å². The maximum Gasteiger partial charge on any atom is 0.0862 e. The van der Waals surface area contributed by atoms with Crippen molar-refractivity contribution >= 4 is 17.2 Å². The first-order valence-corrected chi connectivity index (χ1v) is 4.63. The summed E-state index contributed by atoms with van der Waals surface area (Å²) in [6.45, 7) is 0. The lowest BCUT2D eigenvalue weighted by molar-refractivity contribution is 0.223. The normalized spacial score (nSPS) is 22.1. The Labute approximate surface area is 81.6 Å². The van der Waals surface area contributed by atoms with Crippen LogP contribution in [0, 0.1) is 0 Å². The van der Waals surface area contributed by atoms with E-state index in [1.165, 1.54) is 0 Å². The van der Waals surface area contributed by atoms with E-state index < -0.39 is 0 Å². The van der Waals surface area contributed by atoms with Gasteiger partial charge in [-0.15, -0.1) is 0 Å². The number of aliphatic hydroxyl groups excluding tert-OH is 1. The molecule has 13 heavy (non-hydrogen) atoms. The van der Waals surface area contributed by atoms with E-state index in [0.29, 0.717) is 5.02 Å². The molecule has 0 spiro atoms. The van der Waals surface area contributed by atoms with E-state index in [1.807, 2.05) is 13.1 Å². The molecule has 1 atom stereocenters. The van der Waals surface area contributed by atoms with Gasteiger partial charge in [-0.05, 0) is 18.4 Å². The Kier molecular flexibility index (Phi) is 2.14. The minimum Gasteiger partial charge on any atom is -0.389 e. The lowest BCUT2D eigenvalue weighted by atomic mass is 10.2. The molecule has 0 aliphatic heterocycles. The van der Waals surface area contributed by atoms with Gasteiger partial charge in [0.25, 0.3) is 0 Å². The maximum absolute atomic E-state index is 9.33. The molecule has 0 saturated carbocycles. The van der Waals surface area contributed by atoms with E-state index in [2.05, 4.69) is 5.10 Å². The van der Waals surface area contributed by atoms with E-state index in [-0.39, 0.29) is 6.10 Å². The fraction of sp³-hybridized carbons (Fsp3) is 0.444. The molecule has 1 aromatic rings. The van der Waals surface area contributed by atoms with Crippen LogP contribution in [-0.4, -0.2) is 21.0 Å². The average Bonchev–Trinajstić information content (AvgIpc) is 2.60. The van der Waals surface area contributed by atoms with Gasteiger partial charge in [-0.1, -0.05) is 17.7 Å². The Hall–Kier alpha value is -0.800. The summed E-state index contributed by atoms with van der Waals surface area (Å²) in [4.78, 5) is 0. The fourth-order valence-electron chi connectivity index (χ4n) is 1.67. The molecule has 1 aromatic heterocycles. The van der Waals surface area contributed by atoms with Gasteiger partial charge in [0.2, 0.25) is 0 Å². The van der Waals surface area contributed by atoms with Gasteiger partial charge in [-0.3, -0.25) is 4.68 Å². The van der Waals surface area contributed by atoms with Crippen molar-refractivity contribution < 1.29 is 5.11 Å². The van der Waals surface area contributed by atoms with Gasteiger partial charge in [0.1, 0.15) is 0 Å². The van der Waals surface area contributed by atoms with Crippen molar-refractivity contribution in [1.29, 1.82) is 0 Å². The minimum atomic E-state index is -0.319. The van der Waals surface area contributed by atoms with Crippen LogP contribution < -0.4 is 0 Å². The van der Waals surface area contributed by atoms with Crippen molar-refractivity contribution in [3.05, 3.63) is 23.0 Å². The van der Waals surface area contributed by atoms with Crippen LogP contribution in [0.4, 0.5) is 0 Å². The van der Waals surface area contributed by atoms with Gasteiger partial charge in [0.15, 0.2) is 0 Å². The highest BCUT2D eigenvalue weighted by atomic mass is 35.5. The second kappa shape index (κ2) is 3.16. The van der Waals surface area contributed by atoms with Crippen molar-refractivity contribution in [3.8, 4) is 0 Å². The number of allylic oxidation sites excluding steroid dienone is 1. The summed E-state index contributed by atoms with van der Waals surface area (Å²) in [5.74, 6) is 0. The SMILES string of the molecule is Cn1ncc(Cl)c1C1=CC(O)CC1. The smallest absolute Gasteiger partial charge is 0.0862 e. The number of hydrogen-bond donors (Lipinski definition) is 1. The van der Waals surface area contributed by atoms with Crippen molar-refractivity contribution in [2.24, 2.45) is 7.05 Å². The third-order valence-electron chi connectivity index (χ3n) is 2.30. The molecule has 1 heterocycles. The zero-order valence-electron chi connectivity index (χ0n) is 7.37. The third kappa shape index (κ3) is 1.49. The topological polar surface area (TPSA) is 38.0 Å². The first-order valence-electron chi connectivity index (χ1n) is 4.25. The van der Waals surface area contributed by atoms with Crippen LogP contribution in [0.15, 0.2) is 12.3 Å². The molecule has 1 unspecified atom stereocenters. The summed E-state index contributed by atoms with van der Waals surface area (Å²) >= 11 is 5.97.